The van der Waals surface area contributed by atoms with Crippen molar-refractivity contribution in [1.29, 1.82) is 0 Å². The fourth-order valence-corrected chi connectivity index (χ4v) is 2.83. The minimum Gasteiger partial charge on any atom is -0.380 e. The highest BCUT2D eigenvalue weighted by Gasteiger charge is 2.54. The van der Waals surface area contributed by atoms with Gasteiger partial charge in [-0.2, -0.15) is 18.3 Å². The largest absolute Gasteiger partial charge is 0.417 e. The molecule has 1 aliphatic rings. The molecule has 1 aromatic rings. The first-order valence-corrected chi connectivity index (χ1v) is 7.61. The molecule has 22 heavy (non-hydrogen) atoms. The van der Waals surface area contributed by atoms with Crippen molar-refractivity contribution >= 4 is 12.2 Å². The summed E-state index contributed by atoms with van der Waals surface area (Å²) < 4.78 is 42.3. The molecule has 0 atom stereocenters. The van der Waals surface area contributed by atoms with E-state index in [1.165, 1.54) is 0 Å². The Bertz CT molecular complexity index is 585. The minimum absolute atomic E-state index is 0.158. The molecule has 0 unspecified atom stereocenters. The molecular formula is C13H21F3N4OS. The molecule has 126 valence electrons. The van der Waals surface area contributed by atoms with Gasteiger partial charge in [0.2, 0.25) is 0 Å². The van der Waals surface area contributed by atoms with Gasteiger partial charge in [0, 0.05) is 26.1 Å². The van der Waals surface area contributed by atoms with Crippen molar-refractivity contribution in [2.75, 3.05) is 13.1 Å². The predicted molar refractivity (Wildman–Crippen MR) is 77.9 cm³/mol. The molecule has 0 saturated carbocycles. The lowest BCUT2D eigenvalue weighted by molar-refractivity contribution is -0.273. The third-order valence-corrected chi connectivity index (χ3v) is 4.62. The normalized spacial score (nSPS) is 19.8. The van der Waals surface area contributed by atoms with Crippen molar-refractivity contribution < 1.29 is 18.3 Å². The summed E-state index contributed by atoms with van der Waals surface area (Å²) in [5.41, 5.74) is -2.57. The van der Waals surface area contributed by atoms with Crippen molar-refractivity contribution in [1.82, 2.24) is 19.2 Å². The van der Waals surface area contributed by atoms with Crippen LogP contribution in [-0.2, 0) is 13.7 Å². The van der Waals surface area contributed by atoms with E-state index in [1.807, 2.05) is 30.4 Å². The van der Waals surface area contributed by atoms with E-state index in [9.17, 15) is 18.3 Å². The highest BCUT2D eigenvalue weighted by Crippen LogP contribution is 2.38. The van der Waals surface area contributed by atoms with E-state index in [0.29, 0.717) is 11.4 Å². The molecular weight excluding hydrogens is 317 g/mol. The molecule has 0 aromatic carbocycles. The van der Waals surface area contributed by atoms with Gasteiger partial charge in [-0.25, -0.2) is 4.68 Å². The number of rotatable bonds is 3. The highest BCUT2D eigenvalue weighted by atomic mass is 32.1. The molecule has 1 saturated heterocycles. The quantitative estimate of drug-likeness (QED) is 0.860. The lowest BCUT2D eigenvalue weighted by Crippen LogP contribution is -2.53. The van der Waals surface area contributed by atoms with Crippen LogP contribution in [0.25, 0.3) is 0 Å². The van der Waals surface area contributed by atoms with Gasteiger partial charge in [-0.1, -0.05) is 13.8 Å². The average molecular weight is 338 g/mol. The molecule has 1 aromatic heterocycles. The summed E-state index contributed by atoms with van der Waals surface area (Å²) in [6.45, 7) is 4.67. The first-order valence-electron chi connectivity index (χ1n) is 7.20. The van der Waals surface area contributed by atoms with Crippen LogP contribution in [0.2, 0.25) is 0 Å². The van der Waals surface area contributed by atoms with Crippen molar-refractivity contribution in [3.63, 3.8) is 0 Å². The van der Waals surface area contributed by atoms with Gasteiger partial charge in [0.15, 0.2) is 10.4 Å². The van der Waals surface area contributed by atoms with Crippen LogP contribution in [0.5, 0.6) is 0 Å². The zero-order chi connectivity index (χ0) is 16.7. The maximum absolute atomic E-state index is 12.8. The van der Waals surface area contributed by atoms with Crippen molar-refractivity contribution in [3.8, 4) is 0 Å². The molecule has 9 heteroatoms. The molecule has 2 heterocycles. The van der Waals surface area contributed by atoms with Crippen LogP contribution < -0.4 is 0 Å². The Balaban J connectivity index is 2.06. The zero-order valence-corrected chi connectivity index (χ0v) is 13.7. The monoisotopic (exact) mass is 338 g/mol. The summed E-state index contributed by atoms with van der Waals surface area (Å²) in [4.78, 5) is 1.83. The Labute approximate surface area is 132 Å². The number of aliphatic hydroxyl groups is 1. The number of likely N-dealkylation sites (tertiary alicyclic amines) is 1. The smallest absolute Gasteiger partial charge is 0.380 e. The summed E-state index contributed by atoms with van der Waals surface area (Å²) in [6.07, 6.45) is -5.23. The number of halogens is 3. The van der Waals surface area contributed by atoms with Crippen LogP contribution in [0.4, 0.5) is 13.2 Å². The topological polar surface area (TPSA) is 46.2 Å². The maximum Gasteiger partial charge on any atom is 0.417 e. The molecule has 1 N–H and O–H groups in total. The van der Waals surface area contributed by atoms with Gasteiger partial charge in [0.1, 0.15) is 5.82 Å². The molecule has 0 bridgehead atoms. The van der Waals surface area contributed by atoms with E-state index in [1.54, 1.807) is 4.68 Å². The fourth-order valence-electron chi connectivity index (χ4n) is 2.64. The lowest BCUT2D eigenvalue weighted by atomic mass is 9.91. The summed E-state index contributed by atoms with van der Waals surface area (Å²) in [5.74, 6) is 1.05. The molecule has 1 fully saturated rings. The Kier molecular flexibility index (Phi) is 4.70. The van der Waals surface area contributed by atoms with Gasteiger partial charge in [-0.3, -0.25) is 4.90 Å². The number of hydrogen-bond donors (Lipinski definition) is 1. The van der Waals surface area contributed by atoms with Gasteiger partial charge >= 0.3 is 6.18 Å². The number of nitrogens with zero attached hydrogens (tertiary/aromatic N) is 4. The van der Waals surface area contributed by atoms with E-state index in [2.05, 4.69) is 5.10 Å². The van der Waals surface area contributed by atoms with Gasteiger partial charge in [0.25, 0.3) is 0 Å². The standard InChI is InChI=1S/C13H21F3N4OS/c1-9(2)10-17-20(11(22)18(10)3)8-19-6-4-12(21,5-7-19)13(14,15)16/h9,21H,4-8H2,1-3H3. The Morgan fingerprint density at radius 1 is 1.32 bits per heavy atom. The molecule has 0 spiro atoms. The Hall–Kier alpha value is -0.930. The summed E-state index contributed by atoms with van der Waals surface area (Å²) in [6, 6.07) is 0. The van der Waals surface area contributed by atoms with E-state index in [0.717, 1.165) is 5.82 Å². The number of hydrogen-bond acceptors (Lipinski definition) is 4. The van der Waals surface area contributed by atoms with E-state index in [-0.39, 0.29) is 31.8 Å². The second-order valence-electron chi connectivity index (χ2n) is 6.14. The van der Waals surface area contributed by atoms with E-state index in [4.69, 9.17) is 12.2 Å². The zero-order valence-electron chi connectivity index (χ0n) is 12.9. The third kappa shape index (κ3) is 3.21. The third-order valence-electron chi connectivity index (χ3n) is 4.14. The Morgan fingerprint density at radius 2 is 1.86 bits per heavy atom. The van der Waals surface area contributed by atoms with Crippen LogP contribution in [0.15, 0.2) is 0 Å². The van der Waals surface area contributed by atoms with Crippen molar-refractivity contribution in [3.05, 3.63) is 10.6 Å². The fraction of sp³-hybridized carbons (Fsp3) is 0.846. The minimum atomic E-state index is -4.58. The van der Waals surface area contributed by atoms with Crippen molar-refractivity contribution in [2.45, 2.75) is 51.1 Å². The first-order chi connectivity index (χ1) is 10.0. The predicted octanol–water partition coefficient (Wildman–Crippen LogP) is 2.42. The van der Waals surface area contributed by atoms with E-state index >= 15 is 0 Å². The molecule has 5 nitrogen and oxygen atoms in total. The maximum atomic E-state index is 12.8. The van der Waals surface area contributed by atoms with E-state index < -0.39 is 11.8 Å². The second kappa shape index (κ2) is 5.93. The summed E-state index contributed by atoms with van der Waals surface area (Å²) in [7, 11) is 1.83. The summed E-state index contributed by atoms with van der Waals surface area (Å²) >= 11 is 5.31. The van der Waals surface area contributed by atoms with Crippen molar-refractivity contribution in [2.24, 2.45) is 7.05 Å². The molecule has 0 aliphatic carbocycles. The number of piperidine rings is 1. The molecule has 0 amide bonds. The highest BCUT2D eigenvalue weighted by molar-refractivity contribution is 7.71. The van der Waals surface area contributed by atoms with Crippen LogP contribution in [0.1, 0.15) is 38.4 Å². The molecule has 2 rings (SSSR count). The number of aromatic nitrogens is 3. The van der Waals surface area contributed by atoms with Gasteiger partial charge in [-0.05, 0) is 25.1 Å². The molecule has 1 aliphatic heterocycles. The van der Waals surface area contributed by atoms with Crippen LogP contribution >= 0.6 is 12.2 Å². The SMILES string of the molecule is CC(C)c1nn(CN2CCC(O)(C(F)(F)F)CC2)c(=S)n1C. The van der Waals surface area contributed by atoms with Gasteiger partial charge < -0.3 is 9.67 Å². The van der Waals surface area contributed by atoms with Crippen LogP contribution in [-0.4, -0.2) is 49.2 Å². The average Bonchev–Trinajstić information content (AvgIpc) is 2.69. The van der Waals surface area contributed by atoms with Crippen LogP contribution in [0, 0.1) is 4.77 Å². The van der Waals surface area contributed by atoms with Crippen LogP contribution in [0.3, 0.4) is 0 Å². The second-order valence-corrected chi connectivity index (χ2v) is 6.51. The van der Waals surface area contributed by atoms with Gasteiger partial charge in [0.05, 0.1) is 6.67 Å². The lowest BCUT2D eigenvalue weighted by Gasteiger charge is -2.38. The first kappa shape index (κ1) is 17.4. The number of alkyl halides is 3. The van der Waals surface area contributed by atoms with Gasteiger partial charge in [-0.15, -0.1) is 0 Å². The molecule has 0 radical (unpaired) electrons. The Morgan fingerprint density at radius 3 is 2.27 bits per heavy atom. The summed E-state index contributed by atoms with van der Waals surface area (Å²) in [5, 5.41) is 14.1.